The summed E-state index contributed by atoms with van der Waals surface area (Å²) in [4.78, 5) is 24.5. The summed E-state index contributed by atoms with van der Waals surface area (Å²) in [6, 6.07) is 0.0750. The molecule has 0 aromatic carbocycles. The number of hydrogen-bond donors (Lipinski definition) is 1. The molecule has 0 aromatic heterocycles. The largest absolute Gasteiger partial charge is 0.481 e. The van der Waals surface area contributed by atoms with Crippen LogP contribution in [0.2, 0.25) is 0 Å². The molecule has 0 aromatic rings. The Morgan fingerprint density at radius 2 is 2.00 bits per heavy atom. The van der Waals surface area contributed by atoms with Crippen LogP contribution in [0.25, 0.3) is 0 Å². The third-order valence-electron chi connectivity index (χ3n) is 3.56. The number of fused-ring (bicyclic) bond motifs is 1. The van der Waals surface area contributed by atoms with Gasteiger partial charge in [0.2, 0.25) is 0 Å². The van der Waals surface area contributed by atoms with E-state index in [1.165, 1.54) is 0 Å². The zero-order valence-electron chi connectivity index (χ0n) is 10.5. The fourth-order valence-electron chi connectivity index (χ4n) is 2.72. The van der Waals surface area contributed by atoms with Crippen LogP contribution in [0.4, 0.5) is 4.79 Å². The van der Waals surface area contributed by atoms with Gasteiger partial charge in [-0.25, -0.2) is 4.79 Å². The highest BCUT2D eigenvalue weighted by Gasteiger charge is 2.53. The van der Waals surface area contributed by atoms with Gasteiger partial charge in [0.25, 0.3) is 0 Å². The van der Waals surface area contributed by atoms with Crippen molar-refractivity contribution in [1.29, 1.82) is 0 Å². The van der Waals surface area contributed by atoms with Crippen LogP contribution in [-0.2, 0) is 9.53 Å². The SMILES string of the molecule is CC(C)(C)OC(=O)N1CC[C@@H]2[C@@H](C(=O)O)C[C@@H]21. The van der Waals surface area contributed by atoms with Crippen LogP contribution < -0.4 is 0 Å². The van der Waals surface area contributed by atoms with Gasteiger partial charge in [0.15, 0.2) is 0 Å². The van der Waals surface area contributed by atoms with E-state index in [9.17, 15) is 9.59 Å². The molecule has 1 saturated heterocycles. The molecule has 5 nitrogen and oxygen atoms in total. The maximum atomic E-state index is 11.9. The first-order valence-electron chi connectivity index (χ1n) is 6.02. The molecule has 3 atom stereocenters. The molecular formula is C12H19NO4. The molecule has 1 heterocycles. The first kappa shape index (κ1) is 12.2. The highest BCUT2D eigenvalue weighted by atomic mass is 16.6. The summed E-state index contributed by atoms with van der Waals surface area (Å²) in [7, 11) is 0. The molecular weight excluding hydrogens is 222 g/mol. The Kier molecular flexibility index (Phi) is 2.79. The Hall–Kier alpha value is -1.26. The Morgan fingerprint density at radius 1 is 1.35 bits per heavy atom. The van der Waals surface area contributed by atoms with Crippen LogP contribution in [0.15, 0.2) is 0 Å². The lowest BCUT2D eigenvalue weighted by Gasteiger charge is -2.41. The van der Waals surface area contributed by atoms with Crippen LogP contribution in [-0.4, -0.2) is 40.3 Å². The van der Waals surface area contributed by atoms with Gasteiger partial charge < -0.3 is 14.7 Å². The highest BCUT2D eigenvalue weighted by molar-refractivity contribution is 5.74. The fourth-order valence-corrected chi connectivity index (χ4v) is 2.72. The van der Waals surface area contributed by atoms with Gasteiger partial charge in [-0.3, -0.25) is 4.79 Å². The smallest absolute Gasteiger partial charge is 0.410 e. The van der Waals surface area contributed by atoms with Crippen molar-refractivity contribution in [2.24, 2.45) is 11.8 Å². The van der Waals surface area contributed by atoms with E-state index in [0.29, 0.717) is 13.0 Å². The van der Waals surface area contributed by atoms with Crippen molar-refractivity contribution >= 4 is 12.1 Å². The maximum absolute atomic E-state index is 11.9. The third kappa shape index (κ3) is 2.23. The Morgan fingerprint density at radius 3 is 2.53 bits per heavy atom. The second-order valence-corrected chi connectivity index (χ2v) is 5.87. The lowest BCUT2D eigenvalue weighted by atomic mass is 9.70. The number of aliphatic carboxylic acids is 1. The number of amides is 1. The predicted molar refractivity (Wildman–Crippen MR) is 60.6 cm³/mol. The van der Waals surface area contributed by atoms with E-state index in [2.05, 4.69) is 0 Å². The van der Waals surface area contributed by atoms with Gasteiger partial charge in [0, 0.05) is 12.6 Å². The number of carboxylic acid groups (broad SMARTS) is 1. The van der Waals surface area contributed by atoms with E-state index in [-0.39, 0.29) is 24.0 Å². The van der Waals surface area contributed by atoms with Crippen molar-refractivity contribution in [3.8, 4) is 0 Å². The summed E-state index contributed by atoms with van der Waals surface area (Å²) in [6.45, 7) is 6.12. The van der Waals surface area contributed by atoms with Gasteiger partial charge in [-0.2, -0.15) is 0 Å². The molecule has 0 spiro atoms. The monoisotopic (exact) mass is 241 g/mol. The van der Waals surface area contributed by atoms with Gasteiger partial charge in [0.05, 0.1) is 5.92 Å². The van der Waals surface area contributed by atoms with Crippen LogP contribution in [0.3, 0.4) is 0 Å². The zero-order valence-corrected chi connectivity index (χ0v) is 10.5. The molecule has 0 unspecified atom stereocenters. The quantitative estimate of drug-likeness (QED) is 0.759. The van der Waals surface area contributed by atoms with Crippen molar-refractivity contribution in [3.05, 3.63) is 0 Å². The first-order chi connectivity index (χ1) is 7.79. The number of likely N-dealkylation sites (tertiary alicyclic amines) is 1. The van der Waals surface area contributed by atoms with Crippen molar-refractivity contribution in [1.82, 2.24) is 4.90 Å². The second-order valence-electron chi connectivity index (χ2n) is 5.87. The van der Waals surface area contributed by atoms with E-state index in [0.717, 1.165) is 6.42 Å². The molecule has 1 N–H and O–H groups in total. The summed E-state index contributed by atoms with van der Waals surface area (Å²) in [5, 5.41) is 8.96. The highest BCUT2D eigenvalue weighted by Crippen LogP contribution is 2.45. The standard InChI is InChI=1S/C12H19NO4/c1-12(2,3)17-11(16)13-5-4-7-8(10(14)15)6-9(7)13/h7-9H,4-6H2,1-3H3,(H,14,15)/t7-,8+,9+/m1/s1. The summed E-state index contributed by atoms with van der Waals surface area (Å²) in [5.74, 6) is -0.884. The number of nitrogens with zero attached hydrogens (tertiary/aromatic N) is 1. The second kappa shape index (κ2) is 3.89. The number of carbonyl (C=O) groups excluding carboxylic acids is 1. The van der Waals surface area contributed by atoms with Crippen LogP contribution in [0, 0.1) is 11.8 Å². The van der Waals surface area contributed by atoms with Gasteiger partial charge in [-0.1, -0.05) is 0 Å². The normalized spacial score (nSPS) is 31.7. The summed E-state index contributed by atoms with van der Waals surface area (Å²) < 4.78 is 5.31. The van der Waals surface area contributed by atoms with Gasteiger partial charge >= 0.3 is 12.1 Å². The van der Waals surface area contributed by atoms with Crippen LogP contribution in [0.1, 0.15) is 33.6 Å². The fraction of sp³-hybridized carbons (Fsp3) is 0.833. The van der Waals surface area contributed by atoms with Gasteiger partial charge in [-0.15, -0.1) is 0 Å². The van der Waals surface area contributed by atoms with E-state index < -0.39 is 11.6 Å². The molecule has 1 saturated carbocycles. The summed E-state index contributed by atoms with van der Waals surface area (Å²) in [6.07, 6.45) is 1.04. The molecule has 1 amide bonds. The average molecular weight is 241 g/mol. The zero-order chi connectivity index (χ0) is 12.8. The molecule has 1 aliphatic carbocycles. The lowest BCUT2D eigenvalue weighted by molar-refractivity contribution is -0.149. The Balaban J connectivity index is 1.94. The Bertz CT molecular complexity index is 347. The number of carbonyl (C=O) groups is 2. The van der Waals surface area contributed by atoms with E-state index >= 15 is 0 Å². The molecule has 2 rings (SSSR count). The number of rotatable bonds is 1. The van der Waals surface area contributed by atoms with E-state index in [4.69, 9.17) is 9.84 Å². The molecule has 2 aliphatic rings. The van der Waals surface area contributed by atoms with Crippen molar-refractivity contribution in [3.63, 3.8) is 0 Å². The minimum absolute atomic E-state index is 0.0750. The van der Waals surface area contributed by atoms with Gasteiger partial charge in [0.1, 0.15) is 5.60 Å². The Labute approximate surface area is 101 Å². The molecule has 0 radical (unpaired) electrons. The van der Waals surface area contributed by atoms with Crippen LogP contribution in [0.5, 0.6) is 0 Å². The molecule has 2 fully saturated rings. The molecule has 5 heteroatoms. The summed E-state index contributed by atoms with van der Waals surface area (Å²) in [5.41, 5.74) is -0.495. The molecule has 0 bridgehead atoms. The van der Waals surface area contributed by atoms with Crippen molar-refractivity contribution < 1.29 is 19.4 Å². The minimum atomic E-state index is -0.739. The number of carboxylic acids is 1. The number of ether oxygens (including phenoxy) is 1. The van der Waals surface area contributed by atoms with E-state index in [1.807, 2.05) is 20.8 Å². The van der Waals surface area contributed by atoms with Gasteiger partial charge in [-0.05, 0) is 39.5 Å². The molecule has 17 heavy (non-hydrogen) atoms. The molecule has 96 valence electrons. The predicted octanol–water partition coefficient (Wildman–Crippen LogP) is 1.72. The van der Waals surface area contributed by atoms with Crippen LogP contribution >= 0.6 is 0 Å². The maximum Gasteiger partial charge on any atom is 0.410 e. The minimum Gasteiger partial charge on any atom is -0.481 e. The topological polar surface area (TPSA) is 66.8 Å². The average Bonchev–Trinajstić information content (AvgIpc) is 2.39. The number of hydrogen-bond acceptors (Lipinski definition) is 3. The summed E-state index contributed by atoms with van der Waals surface area (Å²) >= 11 is 0. The third-order valence-corrected chi connectivity index (χ3v) is 3.56. The lowest BCUT2D eigenvalue weighted by Crippen LogP contribution is -2.51. The van der Waals surface area contributed by atoms with E-state index in [1.54, 1.807) is 4.90 Å². The molecule has 1 aliphatic heterocycles. The van der Waals surface area contributed by atoms with Crippen molar-refractivity contribution in [2.75, 3.05) is 6.54 Å². The first-order valence-corrected chi connectivity index (χ1v) is 6.02. The van der Waals surface area contributed by atoms with Crippen molar-refractivity contribution in [2.45, 2.75) is 45.3 Å².